The molecule has 0 radical (unpaired) electrons. The summed E-state index contributed by atoms with van der Waals surface area (Å²) >= 11 is 0. The lowest BCUT2D eigenvalue weighted by Crippen LogP contribution is -2.49. The van der Waals surface area contributed by atoms with E-state index in [0.717, 1.165) is 36.5 Å². The van der Waals surface area contributed by atoms with Gasteiger partial charge in [0.25, 0.3) is 0 Å². The van der Waals surface area contributed by atoms with Gasteiger partial charge in [0, 0.05) is 5.56 Å². The van der Waals surface area contributed by atoms with E-state index in [4.69, 9.17) is 0 Å². The van der Waals surface area contributed by atoms with Gasteiger partial charge in [0.05, 0.1) is 6.10 Å². The van der Waals surface area contributed by atoms with Gasteiger partial charge in [-0.3, -0.25) is 0 Å². The van der Waals surface area contributed by atoms with E-state index in [2.05, 4.69) is 19.9 Å². The highest BCUT2D eigenvalue weighted by molar-refractivity contribution is 5.55. The third-order valence-corrected chi connectivity index (χ3v) is 11.8. The molecule has 2 N–H and O–H groups in total. The molecule has 8 rings (SSSR count). The maximum Gasteiger partial charge on any atom is 0.122 e. The molecule has 7 aliphatic rings. The number of rotatable bonds is 1. The molecule has 6 fully saturated rings. The smallest absolute Gasteiger partial charge is 0.122 e. The Bertz CT molecular complexity index is 896. The van der Waals surface area contributed by atoms with Crippen LogP contribution in [0.3, 0.4) is 0 Å². The van der Waals surface area contributed by atoms with Gasteiger partial charge in [0.15, 0.2) is 0 Å². The quantitative estimate of drug-likeness (QED) is 0.553. The summed E-state index contributed by atoms with van der Waals surface area (Å²) in [6, 6.07) is 2.55. The molecular formula is C29H40O2. The molecular weight excluding hydrogens is 380 g/mol. The summed E-state index contributed by atoms with van der Waals surface area (Å²) in [4.78, 5) is 0. The zero-order valence-electron chi connectivity index (χ0n) is 19.5. The first-order valence-electron chi connectivity index (χ1n) is 13.4. The van der Waals surface area contributed by atoms with E-state index in [9.17, 15) is 10.2 Å². The summed E-state index contributed by atoms with van der Waals surface area (Å²) in [6.07, 6.45) is 15.2. The number of fused-ring (bicyclic) bond motifs is 5. The van der Waals surface area contributed by atoms with Crippen LogP contribution in [0.2, 0.25) is 0 Å². The van der Waals surface area contributed by atoms with E-state index < -0.39 is 0 Å². The predicted molar refractivity (Wildman–Crippen MR) is 123 cm³/mol. The topological polar surface area (TPSA) is 40.5 Å². The fraction of sp³-hybridized carbons (Fsp3) is 0.793. The molecule has 5 atom stereocenters. The molecule has 4 bridgehead atoms. The van der Waals surface area contributed by atoms with Gasteiger partial charge in [0.1, 0.15) is 5.75 Å². The van der Waals surface area contributed by atoms with E-state index >= 15 is 0 Å². The Balaban J connectivity index is 1.32. The van der Waals surface area contributed by atoms with Crippen molar-refractivity contribution in [3.05, 3.63) is 28.3 Å². The molecule has 1 unspecified atom stereocenters. The van der Waals surface area contributed by atoms with Crippen molar-refractivity contribution in [1.82, 2.24) is 0 Å². The summed E-state index contributed by atoms with van der Waals surface area (Å²) in [7, 11) is 0. The van der Waals surface area contributed by atoms with Crippen molar-refractivity contribution >= 4 is 0 Å². The number of hydrogen-bond donors (Lipinski definition) is 2. The summed E-state index contributed by atoms with van der Waals surface area (Å²) in [6.45, 7) is 4.59. The van der Waals surface area contributed by atoms with E-state index in [1.807, 2.05) is 0 Å². The van der Waals surface area contributed by atoms with Crippen LogP contribution in [-0.2, 0) is 11.8 Å². The van der Waals surface area contributed by atoms with Crippen LogP contribution in [0.5, 0.6) is 5.75 Å². The number of phenolic OH excluding ortho intramolecular Hbond substituents is 1. The number of aromatic hydroxyl groups is 1. The van der Waals surface area contributed by atoms with Crippen LogP contribution in [0.1, 0.15) is 106 Å². The summed E-state index contributed by atoms with van der Waals surface area (Å²) in [5.74, 6) is 5.46. The average Bonchev–Trinajstić information content (AvgIpc) is 3.04. The third-order valence-electron chi connectivity index (χ3n) is 11.8. The van der Waals surface area contributed by atoms with Gasteiger partial charge in [-0.25, -0.2) is 0 Å². The molecule has 2 heteroatoms. The zero-order valence-corrected chi connectivity index (χ0v) is 19.5. The Morgan fingerprint density at radius 1 is 0.935 bits per heavy atom. The van der Waals surface area contributed by atoms with Gasteiger partial charge in [-0.2, -0.15) is 0 Å². The molecule has 0 saturated heterocycles. The lowest BCUT2D eigenvalue weighted by Gasteiger charge is -2.57. The standard InChI is InChI=1S/C29H40O2/c1-16-20-3-4-22-21(7-8-28(2)24(22)5-6-26(28)30)23(20)12-25(27(16)31)29-13-17-9-18(14-29)11-19(10-17)15-29/h12,17-19,21-22,24,26,30-31H,3-11,13-15H2,1-2H3/t17?,18?,19?,21-,22+,24-,26?,28-,29?/m0/s1. The fourth-order valence-electron chi connectivity index (χ4n) is 10.7. The van der Waals surface area contributed by atoms with Crippen LogP contribution in [0.25, 0.3) is 0 Å². The SMILES string of the molecule is Cc1c(O)c(C23CC4CC(CC(C4)C2)C3)cc2c1CC[C@@H]1[C@@H]2CC[C@]2(C)C(O)CC[C@@H]12. The molecule has 0 aromatic heterocycles. The molecule has 2 nitrogen and oxygen atoms in total. The van der Waals surface area contributed by atoms with Crippen LogP contribution in [-0.4, -0.2) is 16.3 Å². The minimum atomic E-state index is -0.0935. The molecule has 31 heavy (non-hydrogen) atoms. The maximum absolute atomic E-state index is 11.5. The van der Waals surface area contributed by atoms with Crippen LogP contribution in [0.4, 0.5) is 0 Å². The Morgan fingerprint density at radius 2 is 1.61 bits per heavy atom. The van der Waals surface area contributed by atoms with E-state index in [-0.39, 0.29) is 16.9 Å². The van der Waals surface area contributed by atoms with Crippen molar-refractivity contribution in [2.24, 2.45) is 35.0 Å². The first kappa shape index (κ1) is 19.4. The average molecular weight is 421 g/mol. The Labute approximate surface area is 187 Å². The van der Waals surface area contributed by atoms with Crippen molar-refractivity contribution in [1.29, 1.82) is 0 Å². The number of benzene rings is 1. The van der Waals surface area contributed by atoms with E-state index in [1.165, 1.54) is 80.9 Å². The second-order valence-electron chi connectivity index (χ2n) is 13.2. The highest BCUT2D eigenvalue weighted by Crippen LogP contribution is 2.64. The van der Waals surface area contributed by atoms with Crippen molar-refractivity contribution in [3.8, 4) is 5.75 Å². The van der Waals surface area contributed by atoms with Gasteiger partial charge in [-0.1, -0.05) is 13.0 Å². The number of phenols is 1. The first-order chi connectivity index (χ1) is 14.9. The number of aliphatic hydroxyl groups is 1. The number of hydrogen-bond acceptors (Lipinski definition) is 2. The highest BCUT2D eigenvalue weighted by atomic mass is 16.3. The molecule has 7 aliphatic carbocycles. The van der Waals surface area contributed by atoms with Crippen LogP contribution >= 0.6 is 0 Å². The Morgan fingerprint density at radius 3 is 2.29 bits per heavy atom. The first-order valence-corrected chi connectivity index (χ1v) is 13.4. The summed E-state index contributed by atoms with van der Waals surface area (Å²) in [5.41, 5.74) is 6.06. The lowest BCUT2D eigenvalue weighted by atomic mass is 9.47. The van der Waals surface area contributed by atoms with Crippen LogP contribution in [0.15, 0.2) is 6.07 Å². The molecule has 1 aromatic carbocycles. The van der Waals surface area contributed by atoms with Gasteiger partial charge < -0.3 is 10.2 Å². The Kier molecular flexibility index (Phi) is 3.96. The van der Waals surface area contributed by atoms with E-state index in [0.29, 0.717) is 17.6 Å². The molecule has 0 aliphatic heterocycles. The monoisotopic (exact) mass is 420 g/mol. The van der Waals surface area contributed by atoms with Gasteiger partial charge in [0.2, 0.25) is 0 Å². The van der Waals surface area contributed by atoms with Crippen LogP contribution in [0, 0.1) is 41.9 Å². The fourth-order valence-corrected chi connectivity index (χ4v) is 10.7. The van der Waals surface area contributed by atoms with Gasteiger partial charge in [-0.05, 0) is 147 Å². The molecule has 0 spiro atoms. The third kappa shape index (κ3) is 2.49. The van der Waals surface area contributed by atoms with Gasteiger partial charge >= 0.3 is 0 Å². The molecule has 168 valence electrons. The second kappa shape index (κ2) is 6.31. The normalized spacial score (nSPS) is 49.6. The minimum absolute atomic E-state index is 0.0935. The summed E-state index contributed by atoms with van der Waals surface area (Å²) < 4.78 is 0. The zero-order chi connectivity index (χ0) is 21.1. The number of aliphatic hydroxyl groups excluding tert-OH is 1. The molecule has 0 amide bonds. The predicted octanol–water partition coefficient (Wildman–Crippen LogP) is 6.39. The van der Waals surface area contributed by atoms with Crippen LogP contribution < -0.4 is 0 Å². The van der Waals surface area contributed by atoms with E-state index in [1.54, 1.807) is 5.56 Å². The van der Waals surface area contributed by atoms with Crippen molar-refractivity contribution in [2.45, 2.75) is 108 Å². The molecule has 0 heterocycles. The lowest BCUT2D eigenvalue weighted by molar-refractivity contribution is -0.0229. The highest BCUT2D eigenvalue weighted by Gasteiger charge is 2.56. The largest absolute Gasteiger partial charge is 0.507 e. The second-order valence-corrected chi connectivity index (χ2v) is 13.2. The minimum Gasteiger partial charge on any atom is -0.507 e. The maximum atomic E-state index is 11.5. The van der Waals surface area contributed by atoms with Crippen molar-refractivity contribution < 1.29 is 10.2 Å². The molecule has 1 aromatic rings. The van der Waals surface area contributed by atoms with Gasteiger partial charge in [-0.15, -0.1) is 0 Å². The van der Waals surface area contributed by atoms with Crippen molar-refractivity contribution in [2.75, 3.05) is 0 Å². The summed E-state index contributed by atoms with van der Waals surface area (Å²) in [5, 5.41) is 22.3. The Hall–Kier alpha value is -1.02. The molecule has 6 saturated carbocycles. The van der Waals surface area contributed by atoms with Crippen molar-refractivity contribution in [3.63, 3.8) is 0 Å².